The van der Waals surface area contributed by atoms with E-state index in [2.05, 4.69) is 0 Å². The van der Waals surface area contributed by atoms with E-state index in [-0.39, 0.29) is 0 Å². The summed E-state index contributed by atoms with van der Waals surface area (Å²) in [6.07, 6.45) is 3.54. The lowest BCUT2D eigenvalue weighted by Gasteiger charge is -2.13. The van der Waals surface area contributed by atoms with E-state index >= 15 is 0 Å². The van der Waals surface area contributed by atoms with Gasteiger partial charge < -0.3 is 19.1 Å². The molecule has 0 aliphatic heterocycles. The molecule has 0 aliphatic rings. The Morgan fingerprint density at radius 1 is 1.23 bits per heavy atom. The first kappa shape index (κ1) is 16.1. The normalized spacial score (nSPS) is 12.0. The van der Waals surface area contributed by atoms with Crippen molar-refractivity contribution in [1.82, 2.24) is 4.57 Å². The van der Waals surface area contributed by atoms with Crippen LogP contribution in [-0.4, -0.2) is 35.0 Å². The van der Waals surface area contributed by atoms with Crippen molar-refractivity contribution < 1.29 is 19.4 Å². The van der Waals surface area contributed by atoms with Crippen LogP contribution in [-0.2, 0) is 22.5 Å². The quantitative estimate of drug-likeness (QED) is 0.773. The first-order valence-corrected chi connectivity index (χ1v) is 7.36. The van der Waals surface area contributed by atoms with E-state index in [0.717, 1.165) is 17.9 Å². The zero-order valence-corrected chi connectivity index (χ0v) is 12.6. The van der Waals surface area contributed by atoms with Gasteiger partial charge in [0.15, 0.2) is 6.10 Å². The molecule has 0 saturated heterocycles. The summed E-state index contributed by atoms with van der Waals surface area (Å²) < 4.78 is 12.9. The van der Waals surface area contributed by atoms with Crippen molar-refractivity contribution in [3.63, 3.8) is 0 Å². The van der Waals surface area contributed by atoms with Gasteiger partial charge >= 0.3 is 5.97 Å². The largest absolute Gasteiger partial charge is 0.492 e. The Bertz CT molecular complexity index is 563. The molecular weight excluding hydrogens is 282 g/mol. The van der Waals surface area contributed by atoms with Crippen LogP contribution in [0, 0.1) is 0 Å². The predicted molar refractivity (Wildman–Crippen MR) is 83.1 cm³/mol. The highest BCUT2D eigenvalue weighted by molar-refractivity contribution is 5.72. The molecule has 1 aromatic heterocycles. The summed E-state index contributed by atoms with van der Waals surface area (Å²) in [6, 6.07) is 11.4. The molecule has 1 heterocycles. The fourth-order valence-electron chi connectivity index (χ4n) is 2.14. The highest BCUT2D eigenvalue weighted by Gasteiger charge is 2.17. The molecule has 1 unspecified atom stereocenters. The molecule has 5 nitrogen and oxygen atoms in total. The average molecular weight is 303 g/mol. The summed E-state index contributed by atoms with van der Waals surface area (Å²) in [4.78, 5) is 11.1. The highest BCUT2D eigenvalue weighted by Crippen LogP contribution is 2.14. The lowest BCUT2D eigenvalue weighted by molar-refractivity contribution is -0.149. The molecule has 0 fully saturated rings. The number of nitrogens with zero attached hydrogens (tertiary/aromatic N) is 1. The number of carbonyl (C=O) groups is 1. The molecule has 5 heteroatoms. The van der Waals surface area contributed by atoms with Crippen LogP contribution in [0.5, 0.6) is 5.75 Å². The van der Waals surface area contributed by atoms with Gasteiger partial charge in [-0.2, -0.15) is 0 Å². The highest BCUT2D eigenvalue weighted by atomic mass is 16.5. The summed E-state index contributed by atoms with van der Waals surface area (Å²) >= 11 is 0. The van der Waals surface area contributed by atoms with Gasteiger partial charge in [-0.25, -0.2) is 4.79 Å². The van der Waals surface area contributed by atoms with Gasteiger partial charge in [-0.1, -0.05) is 12.1 Å². The van der Waals surface area contributed by atoms with Crippen molar-refractivity contribution in [2.24, 2.45) is 0 Å². The Morgan fingerprint density at radius 2 is 1.91 bits per heavy atom. The third-order valence-electron chi connectivity index (χ3n) is 3.27. The van der Waals surface area contributed by atoms with Gasteiger partial charge in [0.05, 0.1) is 6.54 Å². The zero-order chi connectivity index (χ0) is 15.8. The van der Waals surface area contributed by atoms with E-state index in [0.29, 0.717) is 19.6 Å². The van der Waals surface area contributed by atoms with Crippen molar-refractivity contribution in [1.29, 1.82) is 0 Å². The topological polar surface area (TPSA) is 60.7 Å². The number of hydrogen-bond donors (Lipinski definition) is 1. The zero-order valence-electron chi connectivity index (χ0n) is 12.6. The predicted octanol–water partition coefficient (Wildman–Crippen LogP) is 2.60. The summed E-state index contributed by atoms with van der Waals surface area (Å²) in [5.41, 5.74) is 0.915. The van der Waals surface area contributed by atoms with Crippen molar-refractivity contribution >= 4 is 5.97 Å². The number of aromatic nitrogens is 1. The first-order valence-electron chi connectivity index (χ1n) is 7.36. The number of rotatable bonds is 9. The summed E-state index contributed by atoms with van der Waals surface area (Å²) in [5.74, 6) is -0.159. The van der Waals surface area contributed by atoms with Crippen LogP contribution in [0.3, 0.4) is 0 Å². The van der Waals surface area contributed by atoms with Gasteiger partial charge in [-0.15, -0.1) is 0 Å². The average Bonchev–Trinajstić information content (AvgIpc) is 3.02. The van der Waals surface area contributed by atoms with E-state index in [1.54, 1.807) is 6.92 Å². The standard InChI is InChI=1S/C17H21NO4/c1-2-21-16(17(19)20)13-14-5-7-15(8-6-14)22-12-11-18-9-3-4-10-18/h3-10,16H,2,11-13H2,1H3,(H,19,20). The minimum atomic E-state index is -0.936. The number of carboxylic acids is 1. The molecule has 118 valence electrons. The maximum Gasteiger partial charge on any atom is 0.333 e. The molecule has 0 amide bonds. The van der Waals surface area contributed by atoms with Gasteiger partial charge in [0.25, 0.3) is 0 Å². The molecular formula is C17H21NO4. The van der Waals surface area contributed by atoms with Crippen molar-refractivity contribution in [3.05, 3.63) is 54.4 Å². The lowest BCUT2D eigenvalue weighted by Crippen LogP contribution is -2.26. The van der Waals surface area contributed by atoms with E-state index < -0.39 is 12.1 Å². The van der Waals surface area contributed by atoms with Crippen LogP contribution in [0.15, 0.2) is 48.8 Å². The van der Waals surface area contributed by atoms with Crippen molar-refractivity contribution in [3.8, 4) is 5.75 Å². The molecule has 0 radical (unpaired) electrons. The van der Waals surface area contributed by atoms with Crippen LogP contribution in [0.1, 0.15) is 12.5 Å². The molecule has 0 saturated carbocycles. The monoisotopic (exact) mass is 303 g/mol. The summed E-state index contributed by atoms with van der Waals surface area (Å²) in [7, 11) is 0. The van der Waals surface area contributed by atoms with E-state index in [9.17, 15) is 4.79 Å². The maximum atomic E-state index is 11.1. The Kier molecular flexibility index (Phi) is 6.03. The SMILES string of the molecule is CCOC(Cc1ccc(OCCn2cccc2)cc1)C(=O)O. The minimum Gasteiger partial charge on any atom is -0.492 e. The number of ether oxygens (including phenoxy) is 2. The molecule has 1 aromatic carbocycles. The number of aliphatic carboxylic acids is 1. The number of benzene rings is 1. The van der Waals surface area contributed by atoms with E-state index in [4.69, 9.17) is 14.6 Å². The third-order valence-corrected chi connectivity index (χ3v) is 3.27. The smallest absolute Gasteiger partial charge is 0.333 e. The van der Waals surface area contributed by atoms with Crippen LogP contribution in [0.4, 0.5) is 0 Å². The van der Waals surface area contributed by atoms with Crippen LogP contribution in [0.2, 0.25) is 0 Å². The van der Waals surface area contributed by atoms with Gasteiger partial charge in [0.1, 0.15) is 12.4 Å². The third kappa shape index (κ3) is 4.93. The number of hydrogen-bond acceptors (Lipinski definition) is 3. The first-order chi connectivity index (χ1) is 10.7. The lowest BCUT2D eigenvalue weighted by atomic mass is 10.1. The Balaban J connectivity index is 1.82. The summed E-state index contributed by atoms with van der Waals surface area (Å²) in [5, 5.41) is 9.07. The fraction of sp³-hybridized carbons (Fsp3) is 0.353. The van der Waals surface area contributed by atoms with Gasteiger partial charge in [0, 0.05) is 25.4 Å². The molecule has 2 rings (SSSR count). The summed E-state index contributed by atoms with van der Waals surface area (Å²) in [6.45, 7) is 3.56. The second-order valence-corrected chi connectivity index (χ2v) is 4.90. The van der Waals surface area contributed by atoms with Crippen molar-refractivity contribution in [2.45, 2.75) is 26.0 Å². The molecule has 0 bridgehead atoms. The molecule has 0 spiro atoms. The van der Waals surface area contributed by atoms with Gasteiger partial charge in [-0.3, -0.25) is 0 Å². The van der Waals surface area contributed by atoms with Gasteiger partial charge in [-0.05, 0) is 36.8 Å². The van der Waals surface area contributed by atoms with Crippen LogP contribution in [0.25, 0.3) is 0 Å². The molecule has 1 atom stereocenters. The van der Waals surface area contributed by atoms with E-state index in [1.807, 2.05) is 53.4 Å². The Labute approximate surface area is 130 Å². The fourth-order valence-corrected chi connectivity index (χ4v) is 2.14. The van der Waals surface area contributed by atoms with E-state index in [1.165, 1.54) is 0 Å². The van der Waals surface area contributed by atoms with Crippen LogP contribution < -0.4 is 4.74 Å². The number of carboxylic acid groups (broad SMARTS) is 1. The van der Waals surface area contributed by atoms with Gasteiger partial charge in [0.2, 0.25) is 0 Å². The minimum absolute atomic E-state index is 0.354. The molecule has 0 aliphatic carbocycles. The molecule has 22 heavy (non-hydrogen) atoms. The molecule has 2 aromatic rings. The second kappa shape index (κ2) is 8.24. The molecule has 1 N–H and O–H groups in total. The Hall–Kier alpha value is -2.27. The van der Waals surface area contributed by atoms with Crippen LogP contribution >= 0.6 is 0 Å². The Morgan fingerprint density at radius 3 is 2.50 bits per heavy atom. The maximum absolute atomic E-state index is 11.1. The second-order valence-electron chi connectivity index (χ2n) is 4.90. The van der Waals surface area contributed by atoms with Crippen molar-refractivity contribution in [2.75, 3.05) is 13.2 Å².